The van der Waals surface area contributed by atoms with Gasteiger partial charge in [-0.15, -0.1) is 0 Å². The zero-order valence-electron chi connectivity index (χ0n) is 12.8. The first-order chi connectivity index (χ1) is 11.3. The van der Waals surface area contributed by atoms with E-state index in [1.54, 1.807) is 19.0 Å². The summed E-state index contributed by atoms with van der Waals surface area (Å²) in [5, 5.41) is 12.0. The van der Waals surface area contributed by atoms with Gasteiger partial charge in [0.25, 0.3) is 0 Å². The van der Waals surface area contributed by atoms with Gasteiger partial charge in [0, 0.05) is 36.4 Å². The van der Waals surface area contributed by atoms with Gasteiger partial charge in [-0.3, -0.25) is 0 Å². The fourth-order valence-corrected chi connectivity index (χ4v) is 2.85. The molecule has 0 aliphatic heterocycles. The normalized spacial score (nSPS) is 12.4. The average Bonchev–Trinajstić information content (AvgIpc) is 2.45. The molecule has 0 saturated heterocycles. The number of halogens is 7. The van der Waals surface area contributed by atoms with E-state index in [-0.39, 0.29) is 10.8 Å². The fraction of sp³-hybridized carbons (Fsp3) is 0.267. The van der Waals surface area contributed by atoms with E-state index in [2.05, 4.69) is 15.9 Å². The molecule has 0 amide bonds. The summed E-state index contributed by atoms with van der Waals surface area (Å²) in [6.07, 6.45) is -9.05. The lowest BCUT2D eigenvalue weighted by Gasteiger charge is -2.19. The quantitative estimate of drug-likeness (QED) is 0.388. The number of rotatable bonds is 2. The molecule has 2 aromatic rings. The molecule has 0 fully saturated rings. The van der Waals surface area contributed by atoms with E-state index in [1.165, 1.54) is 12.1 Å². The van der Waals surface area contributed by atoms with Gasteiger partial charge in [-0.25, -0.2) is 0 Å². The lowest BCUT2D eigenvalue weighted by atomic mass is 9.99. The third-order valence-corrected chi connectivity index (χ3v) is 4.02. The molecule has 1 aromatic carbocycles. The van der Waals surface area contributed by atoms with Gasteiger partial charge in [-0.1, -0.05) is 0 Å². The van der Waals surface area contributed by atoms with Crippen LogP contribution in [0.3, 0.4) is 0 Å². The molecule has 0 atom stereocenters. The maximum atomic E-state index is 13.4. The van der Waals surface area contributed by atoms with Crippen LogP contribution in [0.2, 0.25) is 0 Å². The predicted octanol–water partition coefficient (Wildman–Crippen LogP) is 4.85. The highest BCUT2D eigenvalue weighted by Crippen LogP contribution is 2.44. The Morgan fingerprint density at radius 3 is 2.08 bits per heavy atom. The van der Waals surface area contributed by atoms with Crippen molar-refractivity contribution >= 4 is 21.6 Å². The van der Waals surface area contributed by atoms with Crippen LogP contribution in [0.25, 0.3) is 11.3 Å². The monoisotopic (exact) mass is 428 g/mol. The van der Waals surface area contributed by atoms with Crippen LogP contribution in [0.4, 0.5) is 32.0 Å². The molecule has 0 radical (unpaired) electrons. The second kappa shape index (κ2) is 6.40. The van der Waals surface area contributed by atoms with Crippen LogP contribution in [-0.4, -0.2) is 14.1 Å². The lowest BCUT2D eigenvalue weighted by molar-refractivity contribution is -0.593. The minimum absolute atomic E-state index is 0.00241. The molecule has 0 unspecified atom stereocenters. The molecule has 0 aliphatic carbocycles. The van der Waals surface area contributed by atoms with Gasteiger partial charge in [0.15, 0.2) is 6.20 Å². The summed E-state index contributed by atoms with van der Waals surface area (Å²) in [4.78, 5) is 1.55. The average molecular weight is 429 g/mol. The van der Waals surface area contributed by atoms with Crippen LogP contribution in [0.15, 0.2) is 34.9 Å². The fourth-order valence-electron chi connectivity index (χ4n) is 2.19. The molecule has 136 valence electrons. The summed E-state index contributed by atoms with van der Waals surface area (Å²) in [5.74, 6) is 0. The molecule has 0 spiro atoms. The highest BCUT2D eigenvalue weighted by atomic mass is 79.9. The number of hydrogen-bond acceptors (Lipinski definition) is 2. The Morgan fingerprint density at radius 2 is 1.60 bits per heavy atom. The van der Waals surface area contributed by atoms with Crippen molar-refractivity contribution in [3.8, 4) is 11.3 Å². The number of nitrogens with zero attached hydrogens (tertiary/aromatic N) is 2. The molecule has 10 heteroatoms. The minimum atomic E-state index is -5.08. The number of hydrogen-bond donors (Lipinski definition) is 0. The summed E-state index contributed by atoms with van der Waals surface area (Å²) in [7, 11) is 3.22. The Kier molecular flexibility index (Phi) is 4.95. The van der Waals surface area contributed by atoms with Crippen molar-refractivity contribution < 1.29 is 31.1 Å². The molecule has 0 aliphatic rings. The van der Waals surface area contributed by atoms with Crippen LogP contribution < -0.4 is 9.63 Å². The molecule has 0 bridgehead atoms. The van der Waals surface area contributed by atoms with E-state index >= 15 is 0 Å². The summed E-state index contributed by atoms with van der Waals surface area (Å²) < 4.78 is 78.4. The van der Waals surface area contributed by atoms with Crippen LogP contribution in [0.5, 0.6) is 0 Å². The van der Waals surface area contributed by atoms with Crippen LogP contribution in [0, 0.1) is 5.21 Å². The molecule has 0 saturated carbocycles. The largest absolute Gasteiger partial charge is 0.618 e. The first-order valence-corrected chi connectivity index (χ1v) is 7.50. The summed E-state index contributed by atoms with van der Waals surface area (Å²) >= 11 is 2.75. The SMILES string of the molecule is CN(C)c1cc[n+]([O-])c(-c2c(Br)cc(C(F)(F)F)cc2C(F)(F)F)c1. The van der Waals surface area contributed by atoms with Crippen molar-refractivity contribution in [1.82, 2.24) is 0 Å². The van der Waals surface area contributed by atoms with Gasteiger partial charge in [-0.2, -0.15) is 31.1 Å². The second-order valence-electron chi connectivity index (χ2n) is 5.37. The van der Waals surface area contributed by atoms with E-state index < -0.39 is 39.2 Å². The Morgan fingerprint density at radius 1 is 1.00 bits per heavy atom. The van der Waals surface area contributed by atoms with Crippen LogP contribution >= 0.6 is 15.9 Å². The van der Waals surface area contributed by atoms with E-state index in [9.17, 15) is 31.5 Å². The van der Waals surface area contributed by atoms with E-state index in [0.29, 0.717) is 11.8 Å². The smallest absolute Gasteiger partial charge is 0.417 e. The molecule has 1 heterocycles. The molecule has 25 heavy (non-hydrogen) atoms. The standard InChI is InChI=1S/C15H11BrF6N2O/c1-23(2)9-3-4-24(25)12(7-9)13-10(15(20,21)22)5-8(6-11(13)16)14(17,18)19/h3-7H,1-2H3. The number of anilines is 1. The van der Waals surface area contributed by atoms with Crippen molar-refractivity contribution in [2.45, 2.75) is 12.4 Å². The van der Waals surface area contributed by atoms with Gasteiger partial charge in [0.1, 0.15) is 0 Å². The zero-order chi connectivity index (χ0) is 19.2. The van der Waals surface area contributed by atoms with Gasteiger partial charge in [0.05, 0.1) is 16.7 Å². The highest BCUT2D eigenvalue weighted by Gasteiger charge is 2.41. The minimum Gasteiger partial charge on any atom is -0.618 e. The number of aromatic nitrogens is 1. The summed E-state index contributed by atoms with van der Waals surface area (Å²) in [6.45, 7) is 0. The van der Waals surface area contributed by atoms with Crippen LogP contribution in [0.1, 0.15) is 11.1 Å². The van der Waals surface area contributed by atoms with Crippen molar-refractivity contribution in [3.63, 3.8) is 0 Å². The summed E-state index contributed by atoms with van der Waals surface area (Å²) in [6, 6.07) is 3.08. The van der Waals surface area contributed by atoms with Crippen molar-refractivity contribution in [1.29, 1.82) is 0 Å². The predicted molar refractivity (Wildman–Crippen MR) is 82.9 cm³/mol. The van der Waals surface area contributed by atoms with E-state index in [4.69, 9.17) is 0 Å². The maximum absolute atomic E-state index is 13.4. The lowest BCUT2D eigenvalue weighted by Crippen LogP contribution is -2.30. The molecular weight excluding hydrogens is 418 g/mol. The van der Waals surface area contributed by atoms with E-state index in [1.807, 2.05) is 0 Å². The Bertz CT molecular complexity index is 802. The second-order valence-corrected chi connectivity index (χ2v) is 6.22. The Balaban J connectivity index is 2.84. The Hall–Kier alpha value is -1.97. The van der Waals surface area contributed by atoms with E-state index in [0.717, 1.165) is 6.20 Å². The first kappa shape index (κ1) is 19.4. The molecule has 3 nitrogen and oxygen atoms in total. The van der Waals surface area contributed by atoms with Crippen molar-refractivity contribution in [2.24, 2.45) is 0 Å². The van der Waals surface area contributed by atoms with Crippen molar-refractivity contribution in [3.05, 3.63) is 51.3 Å². The van der Waals surface area contributed by atoms with Gasteiger partial charge in [-0.05, 0) is 28.1 Å². The maximum Gasteiger partial charge on any atom is 0.417 e. The number of alkyl halides is 6. The molecular formula is C15H11BrF6N2O. The number of benzene rings is 1. The topological polar surface area (TPSA) is 30.2 Å². The van der Waals surface area contributed by atoms with Gasteiger partial charge >= 0.3 is 12.4 Å². The van der Waals surface area contributed by atoms with Crippen LogP contribution in [-0.2, 0) is 12.4 Å². The van der Waals surface area contributed by atoms with Crippen molar-refractivity contribution in [2.75, 3.05) is 19.0 Å². The summed E-state index contributed by atoms with van der Waals surface area (Å²) in [5.41, 5.74) is -3.66. The highest BCUT2D eigenvalue weighted by molar-refractivity contribution is 9.10. The van der Waals surface area contributed by atoms with Gasteiger partial charge < -0.3 is 10.1 Å². The third kappa shape index (κ3) is 4.00. The zero-order valence-corrected chi connectivity index (χ0v) is 14.4. The van der Waals surface area contributed by atoms with Gasteiger partial charge in [0.2, 0.25) is 5.69 Å². The molecule has 1 aromatic heterocycles. The Labute approximate surface area is 147 Å². The molecule has 2 rings (SSSR count). The number of pyridine rings is 1. The first-order valence-electron chi connectivity index (χ1n) is 6.71. The third-order valence-electron chi connectivity index (χ3n) is 3.40. The molecule has 0 N–H and O–H groups in total.